The topological polar surface area (TPSA) is 50.2 Å². The van der Waals surface area contributed by atoms with Gasteiger partial charge in [-0.05, 0) is 44.6 Å². The second-order valence-corrected chi connectivity index (χ2v) is 7.34. The SMILES string of the molecule is Cc1nn(C)cc1CNC(=O)N(CCC1=CCCCC1)Cc1ccccc1. The van der Waals surface area contributed by atoms with E-state index < -0.39 is 0 Å². The first-order chi connectivity index (χ1) is 13.1. The number of carbonyl (C=O) groups is 1. The number of aryl methyl sites for hydroxylation is 2. The van der Waals surface area contributed by atoms with Crippen molar-refractivity contribution in [3.63, 3.8) is 0 Å². The van der Waals surface area contributed by atoms with Crippen molar-refractivity contribution in [1.29, 1.82) is 0 Å². The lowest BCUT2D eigenvalue weighted by Gasteiger charge is -2.24. The third kappa shape index (κ3) is 5.71. The summed E-state index contributed by atoms with van der Waals surface area (Å²) in [5.41, 5.74) is 4.67. The second-order valence-electron chi connectivity index (χ2n) is 7.34. The molecule has 0 atom stereocenters. The van der Waals surface area contributed by atoms with Gasteiger partial charge in [0.05, 0.1) is 5.69 Å². The summed E-state index contributed by atoms with van der Waals surface area (Å²) in [5.74, 6) is 0. The molecule has 1 aromatic heterocycles. The fourth-order valence-electron chi connectivity index (χ4n) is 3.57. The lowest BCUT2D eigenvalue weighted by molar-refractivity contribution is 0.195. The molecule has 0 aliphatic heterocycles. The van der Waals surface area contributed by atoms with Gasteiger partial charge in [-0.1, -0.05) is 42.0 Å². The van der Waals surface area contributed by atoms with Gasteiger partial charge in [0, 0.05) is 38.4 Å². The average Bonchev–Trinajstić information content (AvgIpc) is 3.02. The number of carbonyl (C=O) groups excluding carboxylic acids is 1. The van der Waals surface area contributed by atoms with E-state index in [1.54, 1.807) is 4.68 Å². The van der Waals surface area contributed by atoms with E-state index in [9.17, 15) is 4.79 Å². The van der Waals surface area contributed by atoms with Crippen molar-refractivity contribution < 1.29 is 4.79 Å². The number of benzene rings is 1. The largest absolute Gasteiger partial charge is 0.334 e. The Labute approximate surface area is 162 Å². The highest BCUT2D eigenvalue weighted by Crippen LogP contribution is 2.20. The fraction of sp³-hybridized carbons (Fsp3) is 0.455. The summed E-state index contributed by atoms with van der Waals surface area (Å²) < 4.78 is 1.79. The normalized spacial score (nSPS) is 13.9. The smallest absolute Gasteiger partial charge is 0.317 e. The number of allylic oxidation sites excluding steroid dienone is 1. The van der Waals surface area contributed by atoms with Crippen LogP contribution in [0.4, 0.5) is 4.79 Å². The van der Waals surface area contributed by atoms with Crippen LogP contribution < -0.4 is 5.32 Å². The van der Waals surface area contributed by atoms with Crippen LogP contribution in [0.15, 0.2) is 48.2 Å². The summed E-state index contributed by atoms with van der Waals surface area (Å²) in [6.45, 7) is 3.86. The molecule has 1 heterocycles. The van der Waals surface area contributed by atoms with Crippen LogP contribution in [0.5, 0.6) is 0 Å². The molecular weight excluding hydrogens is 336 g/mol. The molecule has 0 unspecified atom stereocenters. The number of rotatable bonds is 7. The summed E-state index contributed by atoms with van der Waals surface area (Å²) >= 11 is 0. The highest BCUT2D eigenvalue weighted by molar-refractivity contribution is 5.74. The van der Waals surface area contributed by atoms with Crippen molar-refractivity contribution in [1.82, 2.24) is 20.0 Å². The number of amides is 2. The van der Waals surface area contributed by atoms with E-state index in [2.05, 4.69) is 28.6 Å². The lowest BCUT2D eigenvalue weighted by Crippen LogP contribution is -2.40. The zero-order chi connectivity index (χ0) is 19.1. The van der Waals surface area contributed by atoms with E-state index in [0.717, 1.165) is 29.8 Å². The Balaban J connectivity index is 1.62. The third-order valence-corrected chi connectivity index (χ3v) is 5.14. The molecule has 0 fully saturated rings. The molecule has 0 spiro atoms. The van der Waals surface area contributed by atoms with Gasteiger partial charge in [-0.3, -0.25) is 4.68 Å². The van der Waals surface area contributed by atoms with Crippen molar-refractivity contribution in [3.05, 3.63) is 65.0 Å². The van der Waals surface area contributed by atoms with Gasteiger partial charge in [0.25, 0.3) is 0 Å². The maximum atomic E-state index is 12.9. The molecule has 0 radical (unpaired) electrons. The fourth-order valence-corrected chi connectivity index (χ4v) is 3.57. The first-order valence-corrected chi connectivity index (χ1v) is 9.85. The average molecular weight is 367 g/mol. The zero-order valence-electron chi connectivity index (χ0n) is 16.4. The molecule has 0 saturated heterocycles. The van der Waals surface area contributed by atoms with Gasteiger partial charge in [0.1, 0.15) is 0 Å². The Bertz CT molecular complexity index is 779. The van der Waals surface area contributed by atoms with Crippen LogP contribution in [-0.2, 0) is 20.1 Å². The highest BCUT2D eigenvalue weighted by atomic mass is 16.2. The van der Waals surface area contributed by atoms with Gasteiger partial charge in [0.15, 0.2) is 0 Å². The Hall–Kier alpha value is -2.56. The monoisotopic (exact) mass is 366 g/mol. The number of hydrogen-bond donors (Lipinski definition) is 1. The molecule has 3 rings (SSSR count). The van der Waals surface area contributed by atoms with Crippen LogP contribution >= 0.6 is 0 Å². The lowest BCUT2D eigenvalue weighted by atomic mass is 9.97. The molecule has 0 bridgehead atoms. The zero-order valence-corrected chi connectivity index (χ0v) is 16.4. The van der Waals surface area contributed by atoms with E-state index in [1.807, 2.05) is 43.3 Å². The van der Waals surface area contributed by atoms with Crippen LogP contribution in [0.3, 0.4) is 0 Å². The second kappa shape index (κ2) is 9.40. The summed E-state index contributed by atoms with van der Waals surface area (Å²) in [6.07, 6.45) is 10.2. The van der Waals surface area contributed by atoms with Crippen LogP contribution in [0.25, 0.3) is 0 Å². The third-order valence-electron chi connectivity index (χ3n) is 5.14. The predicted octanol–water partition coefficient (Wildman–Crippen LogP) is 4.33. The van der Waals surface area contributed by atoms with Crippen LogP contribution in [-0.4, -0.2) is 27.3 Å². The van der Waals surface area contributed by atoms with E-state index in [0.29, 0.717) is 13.1 Å². The van der Waals surface area contributed by atoms with Crippen molar-refractivity contribution in [2.45, 2.75) is 52.1 Å². The molecule has 1 aliphatic carbocycles. The van der Waals surface area contributed by atoms with Gasteiger partial charge in [-0.15, -0.1) is 0 Å². The minimum absolute atomic E-state index is 0.0153. The Morgan fingerprint density at radius 1 is 1.26 bits per heavy atom. The molecule has 27 heavy (non-hydrogen) atoms. The minimum Gasteiger partial charge on any atom is -0.334 e. The van der Waals surface area contributed by atoms with E-state index in [-0.39, 0.29) is 6.03 Å². The van der Waals surface area contributed by atoms with Crippen molar-refractivity contribution in [3.8, 4) is 0 Å². The van der Waals surface area contributed by atoms with Crippen molar-refractivity contribution >= 4 is 6.03 Å². The van der Waals surface area contributed by atoms with Gasteiger partial charge < -0.3 is 10.2 Å². The van der Waals surface area contributed by atoms with E-state index in [4.69, 9.17) is 0 Å². The first kappa shape index (κ1) is 19.2. The number of hydrogen-bond acceptors (Lipinski definition) is 2. The molecule has 5 heteroatoms. The van der Waals surface area contributed by atoms with Crippen molar-refractivity contribution in [2.24, 2.45) is 7.05 Å². The molecular formula is C22H30N4O. The minimum atomic E-state index is -0.0153. The first-order valence-electron chi connectivity index (χ1n) is 9.85. The number of aromatic nitrogens is 2. The predicted molar refractivity (Wildman–Crippen MR) is 108 cm³/mol. The maximum absolute atomic E-state index is 12.9. The standard InChI is InChI=1S/C22H30N4O/c1-18-21(17-25(2)24-18)15-23-22(27)26(16-20-11-7-4-8-12-20)14-13-19-9-5-3-6-10-19/h4,7-9,11-12,17H,3,5-6,10,13-16H2,1-2H3,(H,23,27). The quantitative estimate of drug-likeness (QED) is 0.742. The summed E-state index contributed by atoms with van der Waals surface area (Å²) in [5, 5.41) is 7.42. The molecule has 144 valence electrons. The van der Waals surface area contributed by atoms with Gasteiger partial charge in [-0.25, -0.2) is 4.79 Å². The molecule has 1 aromatic carbocycles. The van der Waals surface area contributed by atoms with Gasteiger partial charge >= 0.3 is 6.03 Å². The Kier molecular flexibility index (Phi) is 6.69. The molecule has 0 saturated carbocycles. The summed E-state index contributed by atoms with van der Waals surface area (Å²) in [4.78, 5) is 14.8. The molecule has 5 nitrogen and oxygen atoms in total. The molecule has 1 N–H and O–H groups in total. The summed E-state index contributed by atoms with van der Waals surface area (Å²) in [6, 6.07) is 10.2. The van der Waals surface area contributed by atoms with Gasteiger partial charge in [0.2, 0.25) is 0 Å². The van der Waals surface area contributed by atoms with Gasteiger partial charge in [-0.2, -0.15) is 5.10 Å². The van der Waals surface area contributed by atoms with E-state index in [1.165, 1.54) is 31.3 Å². The van der Waals surface area contributed by atoms with Crippen LogP contribution in [0.1, 0.15) is 48.9 Å². The molecule has 1 aliphatic rings. The molecule has 2 aromatic rings. The maximum Gasteiger partial charge on any atom is 0.317 e. The number of nitrogens with zero attached hydrogens (tertiary/aromatic N) is 3. The van der Waals surface area contributed by atoms with E-state index >= 15 is 0 Å². The Morgan fingerprint density at radius 2 is 2.07 bits per heavy atom. The highest BCUT2D eigenvalue weighted by Gasteiger charge is 2.16. The Morgan fingerprint density at radius 3 is 2.74 bits per heavy atom. The van der Waals surface area contributed by atoms with Crippen LogP contribution in [0, 0.1) is 6.92 Å². The van der Waals surface area contributed by atoms with Crippen molar-refractivity contribution in [2.75, 3.05) is 6.54 Å². The van der Waals surface area contributed by atoms with Crippen LogP contribution in [0.2, 0.25) is 0 Å². The number of nitrogens with one attached hydrogen (secondary N) is 1. The summed E-state index contributed by atoms with van der Waals surface area (Å²) in [7, 11) is 1.90. The molecule has 2 amide bonds. The number of urea groups is 1.